The maximum absolute atomic E-state index is 8.90. The molecule has 0 aromatic heterocycles. The largest absolute Gasteiger partial charge is 0.487 e. The fourth-order valence-electron chi connectivity index (χ4n) is 1.50. The van der Waals surface area contributed by atoms with E-state index in [0.717, 1.165) is 18.5 Å². The van der Waals surface area contributed by atoms with Crippen LogP contribution in [0.4, 0.5) is 0 Å². The molecule has 0 atom stereocenters. The molecule has 0 N–H and O–H groups in total. The van der Waals surface area contributed by atoms with Crippen molar-refractivity contribution in [2.75, 3.05) is 0 Å². The van der Waals surface area contributed by atoms with E-state index in [1.54, 1.807) is 0 Å². The third-order valence-corrected chi connectivity index (χ3v) is 4.28. The van der Waals surface area contributed by atoms with Crippen molar-refractivity contribution >= 4 is 56.8 Å². The standard InChI is InChI=1S/C14H8ClI2NO/c15-11-3-1-9(2-4-11)8-19-14-12(16)5-10(7-18)6-13(14)17/h1-6H,8H2. The molecule has 0 fully saturated rings. The first-order valence-corrected chi connectivity index (χ1v) is 7.90. The molecule has 0 heterocycles. The molecule has 0 spiro atoms. The zero-order valence-electron chi connectivity index (χ0n) is 9.66. The zero-order valence-corrected chi connectivity index (χ0v) is 14.7. The first kappa shape index (κ1) is 14.9. The van der Waals surface area contributed by atoms with Gasteiger partial charge in [0.05, 0.1) is 18.8 Å². The molecule has 0 unspecified atom stereocenters. The molecule has 0 bridgehead atoms. The van der Waals surface area contributed by atoms with Gasteiger partial charge in [-0.2, -0.15) is 5.26 Å². The number of halogens is 3. The Bertz CT molecular complexity index is 612. The SMILES string of the molecule is N#Cc1cc(I)c(OCc2ccc(Cl)cc2)c(I)c1. The van der Waals surface area contributed by atoms with E-state index in [-0.39, 0.29) is 0 Å². The normalized spacial score (nSPS) is 10.0. The highest BCUT2D eigenvalue weighted by Gasteiger charge is 2.09. The molecule has 0 amide bonds. The number of nitrogens with zero attached hydrogens (tertiary/aromatic N) is 1. The zero-order chi connectivity index (χ0) is 13.8. The van der Waals surface area contributed by atoms with Crippen molar-refractivity contribution in [3.63, 3.8) is 0 Å². The van der Waals surface area contributed by atoms with Gasteiger partial charge in [-0.15, -0.1) is 0 Å². The number of nitriles is 1. The summed E-state index contributed by atoms with van der Waals surface area (Å²) < 4.78 is 7.71. The van der Waals surface area contributed by atoms with Crippen LogP contribution in [-0.4, -0.2) is 0 Å². The number of rotatable bonds is 3. The first-order valence-electron chi connectivity index (χ1n) is 5.36. The third-order valence-electron chi connectivity index (χ3n) is 2.42. The minimum atomic E-state index is 0.481. The van der Waals surface area contributed by atoms with Gasteiger partial charge in [-0.05, 0) is 75.0 Å². The first-order chi connectivity index (χ1) is 9.10. The van der Waals surface area contributed by atoms with Crippen LogP contribution in [0.25, 0.3) is 0 Å². The van der Waals surface area contributed by atoms with Crippen LogP contribution in [0.5, 0.6) is 5.75 Å². The van der Waals surface area contributed by atoms with Crippen LogP contribution >= 0.6 is 56.8 Å². The van der Waals surface area contributed by atoms with Gasteiger partial charge in [0, 0.05) is 5.02 Å². The van der Waals surface area contributed by atoms with E-state index in [9.17, 15) is 0 Å². The highest BCUT2D eigenvalue weighted by atomic mass is 127. The summed E-state index contributed by atoms with van der Waals surface area (Å²) in [7, 11) is 0. The Morgan fingerprint density at radius 1 is 1.11 bits per heavy atom. The van der Waals surface area contributed by atoms with Crippen LogP contribution in [0.15, 0.2) is 36.4 Å². The fraction of sp³-hybridized carbons (Fsp3) is 0.0714. The molecule has 5 heteroatoms. The van der Waals surface area contributed by atoms with Gasteiger partial charge in [0.25, 0.3) is 0 Å². The summed E-state index contributed by atoms with van der Waals surface area (Å²) in [4.78, 5) is 0. The van der Waals surface area contributed by atoms with Crippen LogP contribution in [0.2, 0.25) is 5.02 Å². The van der Waals surface area contributed by atoms with Crippen molar-refractivity contribution in [2.24, 2.45) is 0 Å². The van der Waals surface area contributed by atoms with Gasteiger partial charge in [-0.3, -0.25) is 0 Å². The molecule has 2 aromatic rings. The van der Waals surface area contributed by atoms with Crippen LogP contribution < -0.4 is 4.74 Å². The van der Waals surface area contributed by atoms with E-state index in [1.807, 2.05) is 36.4 Å². The minimum absolute atomic E-state index is 0.481. The molecule has 0 aliphatic rings. The van der Waals surface area contributed by atoms with Crippen molar-refractivity contribution in [3.8, 4) is 11.8 Å². The van der Waals surface area contributed by atoms with Gasteiger partial charge in [-0.25, -0.2) is 0 Å². The minimum Gasteiger partial charge on any atom is -0.487 e. The molecule has 2 aromatic carbocycles. The summed E-state index contributed by atoms with van der Waals surface area (Å²) in [6.07, 6.45) is 0. The summed E-state index contributed by atoms with van der Waals surface area (Å²) in [5.41, 5.74) is 1.70. The second-order valence-electron chi connectivity index (χ2n) is 3.80. The lowest BCUT2D eigenvalue weighted by molar-refractivity contribution is 0.301. The molecule has 0 saturated heterocycles. The molecule has 19 heavy (non-hydrogen) atoms. The molecule has 0 radical (unpaired) electrons. The van der Waals surface area contributed by atoms with Gasteiger partial charge >= 0.3 is 0 Å². The quantitative estimate of drug-likeness (QED) is 0.562. The summed E-state index contributed by atoms with van der Waals surface area (Å²) in [6.45, 7) is 0.481. The van der Waals surface area contributed by atoms with Crippen LogP contribution in [0, 0.1) is 18.5 Å². The Morgan fingerprint density at radius 2 is 1.68 bits per heavy atom. The van der Waals surface area contributed by atoms with Crippen molar-refractivity contribution in [3.05, 3.63) is 59.7 Å². The number of ether oxygens (including phenoxy) is 1. The lowest BCUT2D eigenvalue weighted by Crippen LogP contribution is -1.99. The topological polar surface area (TPSA) is 33.0 Å². The Labute approximate surface area is 144 Å². The molecular weight excluding hydrogens is 487 g/mol. The summed E-state index contributed by atoms with van der Waals surface area (Å²) in [5, 5.41) is 9.62. The average Bonchev–Trinajstić information content (AvgIpc) is 2.39. The van der Waals surface area contributed by atoms with E-state index in [2.05, 4.69) is 51.3 Å². The Balaban J connectivity index is 2.16. The average molecular weight is 495 g/mol. The van der Waals surface area contributed by atoms with Crippen LogP contribution in [0.1, 0.15) is 11.1 Å². The second-order valence-corrected chi connectivity index (χ2v) is 6.56. The molecule has 2 rings (SSSR count). The third kappa shape index (κ3) is 3.97. The molecule has 0 saturated carbocycles. The summed E-state index contributed by atoms with van der Waals surface area (Å²) in [5.74, 6) is 0.815. The Morgan fingerprint density at radius 3 is 2.21 bits per heavy atom. The predicted molar refractivity (Wildman–Crippen MR) is 92.4 cm³/mol. The van der Waals surface area contributed by atoms with Gasteiger partial charge in [0.15, 0.2) is 0 Å². The lowest BCUT2D eigenvalue weighted by atomic mass is 10.2. The van der Waals surface area contributed by atoms with Crippen molar-refractivity contribution in [2.45, 2.75) is 6.61 Å². The maximum atomic E-state index is 8.90. The van der Waals surface area contributed by atoms with Crippen LogP contribution in [-0.2, 0) is 6.61 Å². The molecular formula is C14H8ClI2NO. The van der Waals surface area contributed by atoms with E-state index in [1.165, 1.54) is 0 Å². The van der Waals surface area contributed by atoms with E-state index in [4.69, 9.17) is 21.6 Å². The predicted octanol–water partition coefficient (Wildman–Crippen LogP) is 5.00. The fourth-order valence-corrected chi connectivity index (χ4v) is 3.70. The number of benzene rings is 2. The Hall–Kier alpha value is -0.520. The number of hydrogen-bond donors (Lipinski definition) is 0. The van der Waals surface area contributed by atoms with Crippen LogP contribution in [0.3, 0.4) is 0 Å². The molecule has 2 nitrogen and oxygen atoms in total. The van der Waals surface area contributed by atoms with E-state index in [0.29, 0.717) is 17.2 Å². The van der Waals surface area contributed by atoms with Gasteiger partial charge in [-0.1, -0.05) is 23.7 Å². The number of hydrogen-bond acceptors (Lipinski definition) is 2. The molecule has 96 valence electrons. The van der Waals surface area contributed by atoms with Crippen molar-refractivity contribution in [1.29, 1.82) is 5.26 Å². The van der Waals surface area contributed by atoms with Gasteiger partial charge in [0.2, 0.25) is 0 Å². The highest BCUT2D eigenvalue weighted by molar-refractivity contribution is 14.1. The summed E-state index contributed by atoms with van der Waals surface area (Å²) >= 11 is 10.2. The van der Waals surface area contributed by atoms with Gasteiger partial charge in [0.1, 0.15) is 12.4 Å². The maximum Gasteiger partial charge on any atom is 0.146 e. The lowest BCUT2D eigenvalue weighted by Gasteiger charge is -2.11. The summed E-state index contributed by atoms with van der Waals surface area (Å²) in [6, 6.07) is 13.3. The molecule has 0 aliphatic carbocycles. The monoisotopic (exact) mass is 495 g/mol. The highest BCUT2D eigenvalue weighted by Crippen LogP contribution is 2.29. The smallest absolute Gasteiger partial charge is 0.146 e. The Kier molecular flexibility index (Phi) is 5.30. The van der Waals surface area contributed by atoms with E-state index >= 15 is 0 Å². The second kappa shape index (κ2) is 6.77. The van der Waals surface area contributed by atoms with Gasteiger partial charge < -0.3 is 4.74 Å². The van der Waals surface area contributed by atoms with Crippen molar-refractivity contribution < 1.29 is 4.74 Å². The molecule has 0 aliphatic heterocycles. The van der Waals surface area contributed by atoms with E-state index < -0.39 is 0 Å². The van der Waals surface area contributed by atoms with Crippen molar-refractivity contribution in [1.82, 2.24) is 0 Å².